The zero-order chi connectivity index (χ0) is 14.3. The number of likely N-dealkylation sites (N-methyl/N-ethyl adjacent to an activating group) is 1. The Hall–Kier alpha value is -1.68. The second-order valence-corrected chi connectivity index (χ2v) is 5.94. The van der Waals surface area contributed by atoms with Crippen LogP contribution in [-0.4, -0.2) is 35.8 Å². The average Bonchev–Trinajstić information content (AvgIpc) is 2.62. The van der Waals surface area contributed by atoms with E-state index < -0.39 is 0 Å². The molecule has 0 bridgehead atoms. The van der Waals surface area contributed by atoms with Crippen molar-refractivity contribution in [3.63, 3.8) is 0 Å². The zero-order valence-corrected chi connectivity index (χ0v) is 11.9. The van der Waals surface area contributed by atoms with Gasteiger partial charge in [-0.25, -0.2) is 0 Å². The maximum atomic E-state index is 11.8. The van der Waals surface area contributed by atoms with E-state index in [2.05, 4.69) is 36.5 Å². The van der Waals surface area contributed by atoms with Crippen molar-refractivity contribution < 1.29 is 9.59 Å². The number of likely N-dealkylation sites (tertiary alicyclic amines) is 1. The Bertz CT molecular complexity index is 549. The molecule has 106 valence electrons. The number of rotatable bonds is 3. The average molecular weight is 272 g/mol. The lowest BCUT2D eigenvalue weighted by atomic mass is 9.74. The number of aryl methyl sites for hydroxylation is 1. The van der Waals surface area contributed by atoms with E-state index in [9.17, 15) is 9.59 Å². The van der Waals surface area contributed by atoms with Crippen LogP contribution in [0.15, 0.2) is 24.3 Å². The summed E-state index contributed by atoms with van der Waals surface area (Å²) in [5.74, 6) is 0.412. The minimum Gasteiger partial charge on any atom is -0.303 e. The Kier molecular flexibility index (Phi) is 3.34. The minimum atomic E-state index is -0.310. The third kappa shape index (κ3) is 2.24. The number of nitrogens with one attached hydrogen (secondary N) is 1. The van der Waals surface area contributed by atoms with Crippen LogP contribution in [0.4, 0.5) is 0 Å². The first kappa shape index (κ1) is 13.3. The standard InChI is InChI=1S/C16H20N2O2/c1-10-5-3-4-6-13(10)11-7-12(8-11)17-14-9-15(19)18(2)16(14)20/h3-6,11-12,14,17H,7-9H2,1-2H3. The molecule has 1 atom stereocenters. The number of hydrogen-bond acceptors (Lipinski definition) is 3. The number of hydrogen-bond donors (Lipinski definition) is 1. The van der Waals surface area contributed by atoms with E-state index >= 15 is 0 Å². The van der Waals surface area contributed by atoms with Crippen molar-refractivity contribution in [2.24, 2.45) is 0 Å². The summed E-state index contributed by atoms with van der Waals surface area (Å²) in [5, 5.41) is 3.33. The lowest BCUT2D eigenvalue weighted by Gasteiger charge is -2.38. The van der Waals surface area contributed by atoms with E-state index in [0.29, 0.717) is 18.4 Å². The van der Waals surface area contributed by atoms with E-state index in [0.717, 1.165) is 12.8 Å². The lowest BCUT2D eigenvalue weighted by molar-refractivity contribution is -0.137. The number of nitrogens with zero attached hydrogens (tertiary/aromatic N) is 1. The lowest BCUT2D eigenvalue weighted by Crippen LogP contribution is -2.48. The van der Waals surface area contributed by atoms with Crippen LogP contribution in [0.3, 0.4) is 0 Å². The van der Waals surface area contributed by atoms with Crippen molar-refractivity contribution in [1.29, 1.82) is 0 Å². The summed E-state index contributed by atoms with van der Waals surface area (Å²) < 4.78 is 0. The molecule has 2 amide bonds. The third-order valence-corrected chi connectivity index (χ3v) is 4.58. The second kappa shape index (κ2) is 5.02. The molecule has 1 aromatic carbocycles. The van der Waals surface area contributed by atoms with Crippen molar-refractivity contribution in [3.8, 4) is 0 Å². The van der Waals surface area contributed by atoms with Gasteiger partial charge in [0.1, 0.15) is 0 Å². The summed E-state index contributed by atoms with van der Waals surface area (Å²) in [6.45, 7) is 2.14. The van der Waals surface area contributed by atoms with Crippen molar-refractivity contribution in [1.82, 2.24) is 10.2 Å². The van der Waals surface area contributed by atoms with Crippen LogP contribution in [0.2, 0.25) is 0 Å². The van der Waals surface area contributed by atoms with Crippen molar-refractivity contribution >= 4 is 11.8 Å². The molecule has 2 aliphatic rings. The quantitative estimate of drug-likeness (QED) is 0.850. The fourth-order valence-electron chi connectivity index (χ4n) is 3.22. The molecule has 4 heteroatoms. The highest BCUT2D eigenvalue weighted by atomic mass is 16.2. The molecule has 0 spiro atoms. The van der Waals surface area contributed by atoms with Gasteiger partial charge in [0.05, 0.1) is 12.5 Å². The van der Waals surface area contributed by atoms with Crippen LogP contribution in [-0.2, 0) is 9.59 Å². The Morgan fingerprint density at radius 3 is 2.50 bits per heavy atom. The first-order valence-corrected chi connectivity index (χ1v) is 7.18. The molecule has 1 saturated heterocycles. The molecule has 1 saturated carbocycles. The van der Waals surface area contributed by atoms with Gasteiger partial charge in [-0.15, -0.1) is 0 Å². The summed E-state index contributed by atoms with van der Waals surface area (Å²) in [4.78, 5) is 24.5. The number of carbonyl (C=O) groups is 2. The molecule has 4 nitrogen and oxygen atoms in total. The topological polar surface area (TPSA) is 49.4 Å². The Balaban J connectivity index is 1.56. The van der Waals surface area contributed by atoms with E-state index in [1.807, 2.05) is 0 Å². The Morgan fingerprint density at radius 2 is 1.90 bits per heavy atom. The van der Waals surface area contributed by atoms with Crippen LogP contribution in [0.25, 0.3) is 0 Å². The van der Waals surface area contributed by atoms with Gasteiger partial charge in [-0.1, -0.05) is 24.3 Å². The highest BCUT2D eigenvalue weighted by Crippen LogP contribution is 2.38. The van der Waals surface area contributed by atoms with E-state index in [4.69, 9.17) is 0 Å². The van der Waals surface area contributed by atoms with E-state index in [-0.39, 0.29) is 17.9 Å². The first-order valence-electron chi connectivity index (χ1n) is 7.18. The van der Waals surface area contributed by atoms with E-state index in [1.54, 1.807) is 7.05 Å². The molecule has 1 aromatic rings. The van der Waals surface area contributed by atoms with Crippen LogP contribution >= 0.6 is 0 Å². The number of carbonyl (C=O) groups excluding carboxylic acids is 2. The van der Waals surface area contributed by atoms with Gasteiger partial charge >= 0.3 is 0 Å². The van der Waals surface area contributed by atoms with Crippen LogP contribution in [0.1, 0.15) is 36.3 Å². The molecule has 3 rings (SSSR count). The molecular weight excluding hydrogens is 252 g/mol. The summed E-state index contributed by atoms with van der Waals surface area (Å²) in [5.41, 5.74) is 2.75. The third-order valence-electron chi connectivity index (χ3n) is 4.58. The van der Waals surface area contributed by atoms with Crippen molar-refractivity contribution in [2.45, 2.75) is 44.2 Å². The molecule has 2 fully saturated rings. The van der Waals surface area contributed by atoms with Gasteiger partial charge < -0.3 is 5.32 Å². The fraction of sp³-hybridized carbons (Fsp3) is 0.500. The summed E-state index contributed by atoms with van der Waals surface area (Å²) >= 11 is 0. The fourth-order valence-corrected chi connectivity index (χ4v) is 3.22. The second-order valence-electron chi connectivity index (χ2n) is 5.94. The largest absolute Gasteiger partial charge is 0.303 e. The maximum absolute atomic E-state index is 11.8. The number of imide groups is 1. The Labute approximate surface area is 119 Å². The van der Waals surface area contributed by atoms with Crippen LogP contribution in [0, 0.1) is 6.92 Å². The molecule has 1 heterocycles. The normalized spacial score (nSPS) is 29.7. The Morgan fingerprint density at radius 1 is 1.20 bits per heavy atom. The zero-order valence-electron chi connectivity index (χ0n) is 11.9. The smallest absolute Gasteiger partial charge is 0.246 e. The van der Waals surface area contributed by atoms with Crippen molar-refractivity contribution in [2.75, 3.05) is 7.05 Å². The molecule has 1 unspecified atom stereocenters. The van der Waals surface area contributed by atoms with Gasteiger partial charge in [-0.3, -0.25) is 14.5 Å². The maximum Gasteiger partial charge on any atom is 0.246 e. The molecule has 20 heavy (non-hydrogen) atoms. The highest BCUT2D eigenvalue weighted by Gasteiger charge is 2.40. The SMILES string of the molecule is Cc1ccccc1C1CC(NC2CC(=O)N(C)C2=O)C1. The van der Waals surface area contributed by atoms with E-state index in [1.165, 1.54) is 16.0 Å². The number of amides is 2. The van der Waals surface area contributed by atoms with Gasteiger partial charge in [0.15, 0.2) is 0 Å². The monoisotopic (exact) mass is 272 g/mol. The predicted molar refractivity (Wildman–Crippen MR) is 76.3 cm³/mol. The number of benzene rings is 1. The molecular formula is C16H20N2O2. The van der Waals surface area contributed by atoms with Crippen molar-refractivity contribution in [3.05, 3.63) is 35.4 Å². The van der Waals surface area contributed by atoms with Gasteiger partial charge in [-0.05, 0) is 36.8 Å². The predicted octanol–water partition coefficient (Wildman–Crippen LogP) is 1.59. The molecule has 0 radical (unpaired) electrons. The van der Waals surface area contributed by atoms with Crippen LogP contribution < -0.4 is 5.32 Å². The molecule has 0 aromatic heterocycles. The van der Waals surface area contributed by atoms with Gasteiger partial charge in [0.25, 0.3) is 0 Å². The molecule has 1 N–H and O–H groups in total. The molecule has 1 aliphatic carbocycles. The highest BCUT2D eigenvalue weighted by molar-refractivity contribution is 6.05. The summed E-state index contributed by atoms with van der Waals surface area (Å²) in [6.07, 6.45) is 2.40. The van der Waals surface area contributed by atoms with Gasteiger partial charge in [0, 0.05) is 13.1 Å². The molecule has 1 aliphatic heterocycles. The van der Waals surface area contributed by atoms with Crippen LogP contribution in [0.5, 0.6) is 0 Å². The van der Waals surface area contributed by atoms with Gasteiger partial charge in [0.2, 0.25) is 11.8 Å². The summed E-state index contributed by atoms with van der Waals surface area (Å²) in [6, 6.07) is 8.52. The minimum absolute atomic E-state index is 0.0812. The van der Waals surface area contributed by atoms with Gasteiger partial charge in [-0.2, -0.15) is 0 Å². The summed E-state index contributed by atoms with van der Waals surface area (Å²) in [7, 11) is 1.56. The first-order chi connectivity index (χ1) is 9.56.